The summed E-state index contributed by atoms with van der Waals surface area (Å²) in [5.41, 5.74) is 16.4. The van der Waals surface area contributed by atoms with E-state index in [1.54, 1.807) is 0 Å². The molecule has 0 saturated carbocycles. The first-order valence-corrected chi connectivity index (χ1v) is 23.0. The summed E-state index contributed by atoms with van der Waals surface area (Å²) in [4.78, 5) is 15.7. The van der Waals surface area contributed by atoms with Crippen molar-refractivity contribution >= 4 is 43.6 Å². The van der Waals surface area contributed by atoms with Crippen LogP contribution in [0, 0.1) is 0 Å². The number of rotatable bonds is 8. The second-order valence-corrected chi connectivity index (χ2v) is 17.3. The van der Waals surface area contributed by atoms with Gasteiger partial charge in [0, 0.05) is 49.6 Å². The highest BCUT2D eigenvalue weighted by Crippen LogP contribution is 2.38. The summed E-state index contributed by atoms with van der Waals surface area (Å²) in [6, 6.07) is 88.2. The first-order valence-electron chi connectivity index (χ1n) is 23.0. The number of fused-ring (bicyclic) bond motifs is 6. The van der Waals surface area contributed by atoms with Gasteiger partial charge in [0.2, 0.25) is 0 Å². The van der Waals surface area contributed by atoms with E-state index in [2.05, 4.69) is 252 Å². The Kier molecular flexibility index (Phi) is 9.43. The molecule has 0 aliphatic rings. The Bertz CT molecular complexity index is 4000. The number of hydrogen-bond acceptors (Lipinski definition) is 3. The molecule has 68 heavy (non-hydrogen) atoms. The maximum Gasteiger partial charge on any atom is 0.164 e. The Labute approximate surface area is 393 Å². The van der Waals surface area contributed by atoms with E-state index in [1.807, 2.05) is 6.07 Å². The van der Waals surface area contributed by atoms with Crippen molar-refractivity contribution in [3.05, 3.63) is 249 Å². The van der Waals surface area contributed by atoms with Gasteiger partial charge in [0.1, 0.15) is 0 Å². The SMILES string of the molecule is c1ccc(-c2ccc(-c3nc(-c4cccc(-c5ccc6c7ccccc7n(-c7ccccc7)c6c5)c4)nc(-c4cccc(-n5c6ccccc6c6cc(-c7ccccc7)ccc65)c4)n3)cc2)cc1. The lowest BCUT2D eigenvalue weighted by Gasteiger charge is -2.12. The van der Waals surface area contributed by atoms with Crippen molar-refractivity contribution in [1.82, 2.24) is 24.1 Å². The van der Waals surface area contributed by atoms with Crippen molar-refractivity contribution in [3.8, 4) is 78.9 Å². The highest BCUT2D eigenvalue weighted by molar-refractivity contribution is 6.11. The average Bonchev–Trinajstić information content (AvgIpc) is 3.94. The van der Waals surface area contributed by atoms with Crippen LogP contribution in [0.2, 0.25) is 0 Å². The molecule has 0 amide bonds. The second kappa shape index (κ2) is 16.4. The molecule has 0 fully saturated rings. The van der Waals surface area contributed by atoms with Gasteiger partial charge in [-0.3, -0.25) is 0 Å². The summed E-state index contributed by atoms with van der Waals surface area (Å²) in [6.45, 7) is 0. The highest BCUT2D eigenvalue weighted by atomic mass is 15.0. The molecule has 3 aromatic heterocycles. The minimum absolute atomic E-state index is 0.602. The summed E-state index contributed by atoms with van der Waals surface area (Å²) in [7, 11) is 0. The lowest BCUT2D eigenvalue weighted by Crippen LogP contribution is -2.01. The third-order valence-electron chi connectivity index (χ3n) is 13.2. The third kappa shape index (κ3) is 6.84. The number of para-hydroxylation sites is 3. The molecule has 0 atom stereocenters. The lowest BCUT2D eigenvalue weighted by atomic mass is 10.0. The van der Waals surface area contributed by atoms with Crippen LogP contribution in [-0.2, 0) is 0 Å². The molecule has 5 nitrogen and oxygen atoms in total. The fourth-order valence-corrected chi connectivity index (χ4v) is 9.89. The first-order chi connectivity index (χ1) is 33.7. The predicted molar refractivity (Wildman–Crippen MR) is 281 cm³/mol. The van der Waals surface area contributed by atoms with Crippen LogP contribution >= 0.6 is 0 Å². The number of nitrogens with zero attached hydrogens (tertiary/aromatic N) is 5. The zero-order chi connectivity index (χ0) is 45.0. The van der Waals surface area contributed by atoms with Crippen molar-refractivity contribution in [2.24, 2.45) is 0 Å². The smallest absolute Gasteiger partial charge is 0.164 e. The normalized spacial score (nSPS) is 11.5. The summed E-state index contributed by atoms with van der Waals surface area (Å²) in [5, 5.41) is 4.86. The van der Waals surface area contributed by atoms with Crippen LogP contribution in [0.3, 0.4) is 0 Å². The van der Waals surface area contributed by atoms with E-state index in [4.69, 9.17) is 15.0 Å². The standard InChI is InChI=1S/C63H41N5/c1-4-16-42(17-5-1)44-30-32-45(33-31-44)61-64-62(49-21-14-20-46(38-49)48-34-36-55-53-26-10-12-28-57(53)67(60(55)41-48)51-23-8-3-9-24-51)66-63(65-61)50-22-15-25-52(39-50)68-58-29-13-11-27-54(58)56-40-47(35-37-59(56)68)43-18-6-2-7-19-43/h1-41H. The van der Waals surface area contributed by atoms with E-state index < -0.39 is 0 Å². The van der Waals surface area contributed by atoms with Gasteiger partial charge in [-0.05, 0) is 94.0 Å². The summed E-state index contributed by atoms with van der Waals surface area (Å²) in [6.07, 6.45) is 0. The molecule has 5 heteroatoms. The minimum Gasteiger partial charge on any atom is -0.309 e. The average molecular weight is 868 g/mol. The molecule has 0 unspecified atom stereocenters. The van der Waals surface area contributed by atoms with Crippen molar-refractivity contribution in [2.45, 2.75) is 0 Å². The predicted octanol–water partition coefficient (Wildman–Crippen LogP) is 16.1. The molecule has 0 saturated heterocycles. The molecule has 0 spiro atoms. The van der Waals surface area contributed by atoms with Crippen LogP contribution in [0.4, 0.5) is 0 Å². The van der Waals surface area contributed by atoms with Gasteiger partial charge in [-0.15, -0.1) is 0 Å². The fraction of sp³-hybridized carbons (Fsp3) is 0. The number of aromatic nitrogens is 5. The molecule has 0 aliphatic carbocycles. The van der Waals surface area contributed by atoms with E-state index in [0.29, 0.717) is 17.5 Å². The van der Waals surface area contributed by atoms with Crippen LogP contribution in [-0.4, -0.2) is 24.1 Å². The van der Waals surface area contributed by atoms with Crippen LogP contribution in [0.1, 0.15) is 0 Å². The van der Waals surface area contributed by atoms with Crippen molar-refractivity contribution < 1.29 is 0 Å². The molecule has 10 aromatic carbocycles. The quantitative estimate of drug-likeness (QED) is 0.153. The zero-order valence-corrected chi connectivity index (χ0v) is 36.9. The van der Waals surface area contributed by atoms with E-state index in [-0.39, 0.29) is 0 Å². The Balaban J connectivity index is 0.947. The van der Waals surface area contributed by atoms with Gasteiger partial charge in [0.15, 0.2) is 17.5 Å². The fourth-order valence-electron chi connectivity index (χ4n) is 9.89. The first kappa shape index (κ1) is 39.2. The molecule has 13 rings (SSSR count). The third-order valence-corrected chi connectivity index (χ3v) is 13.2. The van der Waals surface area contributed by atoms with Gasteiger partial charge in [0.05, 0.1) is 22.1 Å². The Morgan fingerprint density at radius 3 is 1.29 bits per heavy atom. The largest absolute Gasteiger partial charge is 0.309 e. The molecule has 0 bridgehead atoms. The van der Waals surface area contributed by atoms with Crippen molar-refractivity contribution in [3.63, 3.8) is 0 Å². The summed E-state index contributed by atoms with van der Waals surface area (Å²) < 4.78 is 4.72. The lowest BCUT2D eigenvalue weighted by molar-refractivity contribution is 1.07. The Morgan fingerprint density at radius 1 is 0.206 bits per heavy atom. The molecule has 0 N–H and O–H groups in total. The Hall–Kier alpha value is -9.19. The van der Waals surface area contributed by atoms with Gasteiger partial charge in [-0.1, -0.05) is 188 Å². The van der Waals surface area contributed by atoms with Gasteiger partial charge in [-0.25, -0.2) is 15.0 Å². The highest BCUT2D eigenvalue weighted by Gasteiger charge is 2.18. The van der Waals surface area contributed by atoms with Crippen molar-refractivity contribution in [1.29, 1.82) is 0 Å². The molecular weight excluding hydrogens is 827 g/mol. The van der Waals surface area contributed by atoms with Gasteiger partial charge < -0.3 is 9.13 Å². The summed E-state index contributed by atoms with van der Waals surface area (Å²) in [5.74, 6) is 1.82. The topological polar surface area (TPSA) is 48.5 Å². The van der Waals surface area contributed by atoms with Crippen molar-refractivity contribution in [2.75, 3.05) is 0 Å². The summed E-state index contributed by atoms with van der Waals surface area (Å²) >= 11 is 0. The molecule has 318 valence electrons. The maximum atomic E-state index is 5.29. The minimum atomic E-state index is 0.602. The number of hydrogen-bond donors (Lipinski definition) is 0. The van der Waals surface area contributed by atoms with E-state index in [0.717, 1.165) is 66.9 Å². The van der Waals surface area contributed by atoms with Gasteiger partial charge in [-0.2, -0.15) is 0 Å². The van der Waals surface area contributed by atoms with Crippen LogP contribution in [0.5, 0.6) is 0 Å². The molecule has 13 aromatic rings. The van der Waals surface area contributed by atoms with Crippen LogP contribution in [0.15, 0.2) is 249 Å². The zero-order valence-electron chi connectivity index (χ0n) is 36.9. The van der Waals surface area contributed by atoms with E-state index in [1.165, 1.54) is 38.2 Å². The maximum absolute atomic E-state index is 5.29. The van der Waals surface area contributed by atoms with E-state index in [9.17, 15) is 0 Å². The van der Waals surface area contributed by atoms with Crippen LogP contribution in [0.25, 0.3) is 123 Å². The second-order valence-electron chi connectivity index (χ2n) is 17.3. The molecule has 0 radical (unpaired) electrons. The monoisotopic (exact) mass is 867 g/mol. The van der Waals surface area contributed by atoms with Crippen LogP contribution < -0.4 is 0 Å². The van der Waals surface area contributed by atoms with E-state index >= 15 is 0 Å². The molecule has 3 heterocycles. The van der Waals surface area contributed by atoms with Gasteiger partial charge in [0.25, 0.3) is 0 Å². The number of benzene rings is 10. The Morgan fingerprint density at radius 2 is 0.603 bits per heavy atom. The molecule has 0 aliphatic heterocycles. The van der Waals surface area contributed by atoms with Gasteiger partial charge >= 0.3 is 0 Å². The molecular formula is C63H41N5.